The van der Waals surface area contributed by atoms with Crippen LogP contribution >= 0.6 is 27.7 Å². The minimum atomic E-state index is -0.311. The number of rotatable bonds is 8. The van der Waals surface area contributed by atoms with Crippen molar-refractivity contribution < 1.29 is 9.59 Å². The number of nitrogens with one attached hydrogen (secondary N) is 2. The smallest absolute Gasteiger partial charge is 0.251 e. The molecule has 168 valence electrons. The summed E-state index contributed by atoms with van der Waals surface area (Å²) in [6, 6.07) is 14.5. The number of nitrogens with zero attached hydrogens (tertiary/aromatic N) is 3. The quantitative estimate of drug-likeness (QED) is 0.422. The maximum atomic E-state index is 12.7. The van der Waals surface area contributed by atoms with E-state index in [9.17, 15) is 9.59 Å². The molecule has 1 atom stereocenters. The van der Waals surface area contributed by atoms with Crippen molar-refractivity contribution in [1.29, 1.82) is 0 Å². The van der Waals surface area contributed by atoms with Crippen LogP contribution in [0.1, 0.15) is 41.6 Å². The van der Waals surface area contributed by atoms with Gasteiger partial charge in [-0.25, -0.2) is 0 Å². The second kappa shape index (κ2) is 10.8. The van der Waals surface area contributed by atoms with E-state index in [1.54, 1.807) is 12.1 Å². The number of hydrogen-bond acceptors (Lipinski definition) is 5. The second-order valence-electron chi connectivity index (χ2n) is 7.76. The third kappa shape index (κ3) is 5.98. The van der Waals surface area contributed by atoms with Crippen molar-refractivity contribution >= 4 is 45.2 Å². The van der Waals surface area contributed by atoms with Crippen LogP contribution in [-0.2, 0) is 11.8 Å². The monoisotopic (exact) mass is 515 g/mol. The Morgan fingerprint density at radius 1 is 1.12 bits per heavy atom. The first-order chi connectivity index (χ1) is 15.3. The molecule has 2 N–H and O–H groups in total. The summed E-state index contributed by atoms with van der Waals surface area (Å²) in [5.74, 6) is 0.668. The van der Waals surface area contributed by atoms with E-state index in [0.29, 0.717) is 16.5 Å². The third-order valence-corrected chi connectivity index (χ3v) is 6.44. The molecule has 32 heavy (non-hydrogen) atoms. The van der Waals surface area contributed by atoms with Gasteiger partial charge >= 0.3 is 0 Å². The van der Waals surface area contributed by atoms with Crippen molar-refractivity contribution in [2.75, 3.05) is 11.1 Å². The van der Waals surface area contributed by atoms with E-state index in [0.717, 1.165) is 15.7 Å². The van der Waals surface area contributed by atoms with E-state index >= 15 is 0 Å². The van der Waals surface area contributed by atoms with E-state index in [2.05, 4.69) is 36.8 Å². The molecule has 0 unspecified atom stereocenters. The highest BCUT2D eigenvalue weighted by atomic mass is 79.9. The van der Waals surface area contributed by atoms with Gasteiger partial charge in [0.25, 0.3) is 5.91 Å². The fourth-order valence-electron chi connectivity index (χ4n) is 3.15. The minimum absolute atomic E-state index is 0.104. The van der Waals surface area contributed by atoms with Gasteiger partial charge in [0.2, 0.25) is 5.91 Å². The Hall–Kier alpha value is -2.65. The number of amides is 2. The normalized spacial score (nSPS) is 11.9. The van der Waals surface area contributed by atoms with Gasteiger partial charge < -0.3 is 15.2 Å². The lowest BCUT2D eigenvalue weighted by molar-refractivity contribution is -0.113. The van der Waals surface area contributed by atoms with Crippen LogP contribution < -0.4 is 10.6 Å². The predicted octanol–water partition coefficient (Wildman–Crippen LogP) is 4.74. The molecule has 0 aliphatic rings. The number of thioether (sulfide) groups is 1. The second-order valence-corrected chi connectivity index (χ2v) is 9.62. The lowest BCUT2D eigenvalue weighted by Crippen LogP contribution is -2.33. The van der Waals surface area contributed by atoms with E-state index in [4.69, 9.17) is 0 Å². The minimum Gasteiger partial charge on any atom is -0.342 e. The molecule has 9 heteroatoms. The molecule has 0 fully saturated rings. The van der Waals surface area contributed by atoms with Gasteiger partial charge in [-0.3, -0.25) is 9.59 Å². The molecule has 7 nitrogen and oxygen atoms in total. The third-order valence-electron chi connectivity index (χ3n) is 4.93. The first-order valence-electron chi connectivity index (χ1n) is 10.2. The van der Waals surface area contributed by atoms with E-state index < -0.39 is 0 Å². The fourth-order valence-corrected chi connectivity index (χ4v) is 4.34. The fraction of sp³-hybridized carbons (Fsp3) is 0.304. The number of halogens is 1. The van der Waals surface area contributed by atoms with E-state index in [-0.39, 0.29) is 29.5 Å². The topological polar surface area (TPSA) is 88.9 Å². The molecule has 0 aliphatic heterocycles. The molecule has 1 aromatic heterocycles. The summed E-state index contributed by atoms with van der Waals surface area (Å²) < 4.78 is 2.80. The molecule has 2 amide bonds. The van der Waals surface area contributed by atoms with Gasteiger partial charge in [-0.2, -0.15) is 0 Å². The van der Waals surface area contributed by atoms with Crippen LogP contribution in [0.4, 0.5) is 5.69 Å². The lowest BCUT2D eigenvalue weighted by atomic mass is 10.0. The number of aromatic nitrogens is 3. The molecule has 0 saturated carbocycles. The number of hydrogen-bond donors (Lipinski definition) is 2. The Morgan fingerprint density at radius 2 is 1.84 bits per heavy atom. The number of anilines is 1. The largest absolute Gasteiger partial charge is 0.342 e. The van der Waals surface area contributed by atoms with Crippen LogP contribution in [-0.4, -0.2) is 32.3 Å². The molecule has 0 saturated heterocycles. The highest BCUT2D eigenvalue weighted by Gasteiger charge is 2.25. The highest BCUT2D eigenvalue weighted by molar-refractivity contribution is 9.10. The molecule has 3 rings (SSSR count). The molecular formula is C23H26BrN5O2S. The van der Waals surface area contributed by atoms with Crippen molar-refractivity contribution in [2.45, 2.75) is 32.0 Å². The first kappa shape index (κ1) is 24.0. The van der Waals surface area contributed by atoms with Crippen molar-refractivity contribution in [3.05, 3.63) is 70.0 Å². The summed E-state index contributed by atoms with van der Waals surface area (Å²) >= 11 is 4.73. The summed E-state index contributed by atoms with van der Waals surface area (Å²) in [4.78, 5) is 25.1. The van der Waals surface area contributed by atoms with E-state index in [1.807, 2.05) is 68.8 Å². The lowest BCUT2D eigenvalue weighted by Gasteiger charge is -2.21. The van der Waals surface area contributed by atoms with Crippen LogP contribution in [0.15, 0.2) is 58.2 Å². The van der Waals surface area contributed by atoms with Crippen LogP contribution in [0, 0.1) is 12.8 Å². The summed E-state index contributed by atoms with van der Waals surface area (Å²) in [5.41, 5.74) is 2.35. The molecule has 0 bridgehead atoms. The Kier molecular flexibility index (Phi) is 8.09. The zero-order chi connectivity index (χ0) is 23.3. The molecule has 0 radical (unpaired) electrons. The van der Waals surface area contributed by atoms with Crippen molar-refractivity contribution in [3.63, 3.8) is 0 Å². The van der Waals surface area contributed by atoms with Gasteiger partial charge in [-0.15, -0.1) is 10.2 Å². The summed E-state index contributed by atoms with van der Waals surface area (Å²) in [6.45, 7) is 5.98. The molecule has 0 spiro atoms. The average molecular weight is 516 g/mol. The highest BCUT2D eigenvalue weighted by Crippen LogP contribution is 2.25. The molecule has 3 aromatic rings. The zero-order valence-corrected chi connectivity index (χ0v) is 20.8. The molecular weight excluding hydrogens is 490 g/mol. The van der Waals surface area contributed by atoms with Crippen molar-refractivity contribution in [1.82, 2.24) is 20.1 Å². The molecule has 2 aromatic carbocycles. The number of carbonyl (C=O) groups excluding carboxylic acids is 2. The van der Waals surface area contributed by atoms with E-state index in [1.165, 1.54) is 11.8 Å². The van der Waals surface area contributed by atoms with Gasteiger partial charge in [0.1, 0.15) is 0 Å². The van der Waals surface area contributed by atoms with Crippen LogP contribution in [0.3, 0.4) is 0 Å². The van der Waals surface area contributed by atoms with Gasteiger partial charge in [0.05, 0.1) is 11.8 Å². The Morgan fingerprint density at radius 3 is 2.50 bits per heavy atom. The van der Waals surface area contributed by atoms with Gasteiger partial charge in [-0.05, 0) is 48.7 Å². The number of benzene rings is 2. The summed E-state index contributed by atoms with van der Waals surface area (Å²) in [7, 11) is 1.85. The summed E-state index contributed by atoms with van der Waals surface area (Å²) in [5, 5.41) is 15.2. The standard InChI is InChI=1S/C23H26BrN5O2S/c1-14(2)20(26-22(31)16-8-6-5-7-9-16)21-27-28-23(29(21)4)32-13-19(30)25-18-11-10-17(24)12-15(18)3/h5-12,14,20H,13H2,1-4H3,(H,25,30)(H,26,31)/t20-/m0/s1. The zero-order valence-electron chi connectivity index (χ0n) is 18.4. The first-order valence-corrected chi connectivity index (χ1v) is 12.0. The summed E-state index contributed by atoms with van der Waals surface area (Å²) in [6.07, 6.45) is 0. The van der Waals surface area contributed by atoms with Gasteiger partial charge in [0, 0.05) is 22.8 Å². The van der Waals surface area contributed by atoms with Crippen LogP contribution in [0.25, 0.3) is 0 Å². The Balaban J connectivity index is 1.66. The van der Waals surface area contributed by atoms with Crippen LogP contribution in [0.2, 0.25) is 0 Å². The Bertz CT molecular complexity index is 1100. The number of carbonyl (C=O) groups is 2. The molecule has 0 aliphatic carbocycles. The Labute approximate surface area is 200 Å². The number of aryl methyl sites for hydroxylation is 1. The van der Waals surface area contributed by atoms with Crippen molar-refractivity contribution in [3.8, 4) is 0 Å². The maximum Gasteiger partial charge on any atom is 0.251 e. The molecule has 1 heterocycles. The van der Waals surface area contributed by atoms with Crippen LogP contribution in [0.5, 0.6) is 0 Å². The van der Waals surface area contributed by atoms with Gasteiger partial charge in [0.15, 0.2) is 11.0 Å². The van der Waals surface area contributed by atoms with Crippen molar-refractivity contribution in [2.24, 2.45) is 13.0 Å². The predicted molar refractivity (Wildman–Crippen MR) is 131 cm³/mol. The maximum absolute atomic E-state index is 12.7. The average Bonchev–Trinajstić information content (AvgIpc) is 3.12. The SMILES string of the molecule is Cc1cc(Br)ccc1NC(=O)CSc1nnc([C@@H](NC(=O)c2ccccc2)C(C)C)n1C. The van der Waals surface area contributed by atoms with Gasteiger partial charge in [-0.1, -0.05) is 59.7 Å².